The van der Waals surface area contributed by atoms with E-state index in [4.69, 9.17) is 0 Å². The molecule has 22 heavy (non-hydrogen) atoms. The van der Waals surface area contributed by atoms with Crippen molar-refractivity contribution < 1.29 is 9.18 Å². The maximum Gasteiger partial charge on any atom is 0.262 e. The van der Waals surface area contributed by atoms with E-state index in [2.05, 4.69) is 10.3 Å². The van der Waals surface area contributed by atoms with Gasteiger partial charge < -0.3 is 9.88 Å². The van der Waals surface area contributed by atoms with E-state index in [1.165, 1.54) is 30.2 Å². The number of hydrogen-bond acceptors (Lipinski definition) is 3. The summed E-state index contributed by atoms with van der Waals surface area (Å²) in [6.45, 7) is 1.52. The maximum absolute atomic E-state index is 13.7. The van der Waals surface area contributed by atoms with Gasteiger partial charge in [-0.15, -0.1) is 11.3 Å². The molecule has 0 aliphatic heterocycles. The largest absolute Gasteiger partial charge is 0.319 e. The molecule has 3 rings (SSSR count). The molecule has 1 N–H and O–H groups in total. The molecule has 1 aliphatic carbocycles. The van der Waals surface area contributed by atoms with Crippen molar-refractivity contribution in [3.8, 4) is 0 Å². The van der Waals surface area contributed by atoms with E-state index in [1.54, 1.807) is 22.8 Å². The Balaban J connectivity index is 1.66. The molecular formula is C16H18FN3OS. The van der Waals surface area contributed by atoms with Crippen LogP contribution in [0.15, 0.2) is 40.8 Å². The lowest BCUT2D eigenvalue weighted by molar-refractivity contribution is -0.117. The number of thiazole rings is 1. The number of amides is 1. The Morgan fingerprint density at radius 1 is 1.41 bits per heavy atom. The molecule has 1 amide bonds. The second-order valence-electron chi connectivity index (χ2n) is 5.48. The summed E-state index contributed by atoms with van der Waals surface area (Å²) in [6.07, 6.45) is 4.33. The minimum atomic E-state index is -0.246. The van der Waals surface area contributed by atoms with Gasteiger partial charge >= 0.3 is 0 Å². The van der Waals surface area contributed by atoms with Gasteiger partial charge in [0.2, 0.25) is 0 Å². The molecule has 0 spiro atoms. The van der Waals surface area contributed by atoms with Gasteiger partial charge in [-0.1, -0.05) is 18.2 Å². The van der Waals surface area contributed by atoms with Crippen molar-refractivity contribution in [2.75, 3.05) is 13.1 Å². The van der Waals surface area contributed by atoms with Gasteiger partial charge in [-0.05, 0) is 31.4 Å². The quantitative estimate of drug-likeness (QED) is 0.887. The lowest BCUT2D eigenvalue weighted by atomic mass is 10.2. The van der Waals surface area contributed by atoms with Crippen molar-refractivity contribution in [1.29, 1.82) is 0 Å². The van der Waals surface area contributed by atoms with Crippen LogP contribution in [0.25, 0.3) is 0 Å². The number of carbonyl (C=O) groups excluding carboxylic acids is 1. The van der Waals surface area contributed by atoms with Crippen LogP contribution in [0.2, 0.25) is 0 Å². The molecular weight excluding hydrogens is 301 g/mol. The fourth-order valence-electron chi connectivity index (χ4n) is 2.17. The Morgan fingerprint density at radius 3 is 3.00 bits per heavy atom. The number of aromatic nitrogens is 1. The van der Waals surface area contributed by atoms with E-state index in [0.29, 0.717) is 16.9 Å². The summed E-state index contributed by atoms with van der Waals surface area (Å²) >= 11 is 1.38. The predicted octanol–water partition coefficient (Wildman–Crippen LogP) is 2.16. The highest BCUT2D eigenvalue weighted by Gasteiger charge is 2.20. The Labute approximate surface area is 132 Å². The highest BCUT2D eigenvalue weighted by molar-refractivity contribution is 7.07. The SMILES string of the molecule is O=C(CNCC1CC1)N=c1sccn1Cc1ccccc1F. The first kappa shape index (κ1) is 15.1. The molecule has 0 atom stereocenters. The molecule has 1 heterocycles. The first-order valence-corrected chi connectivity index (χ1v) is 8.26. The first-order valence-electron chi connectivity index (χ1n) is 7.38. The zero-order valence-corrected chi connectivity index (χ0v) is 13.0. The molecule has 1 aromatic carbocycles. The molecule has 2 aromatic rings. The van der Waals surface area contributed by atoms with Crippen LogP contribution < -0.4 is 10.1 Å². The minimum absolute atomic E-state index is 0.189. The maximum atomic E-state index is 13.7. The zero-order chi connectivity index (χ0) is 15.4. The van der Waals surface area contributed by atoms with Crippen LogP contribution in [-0.4, -0.2) is 23.6 Å². The van der Waals surface area contributed by atoms with Crippen molar-refractivity contribution in [1.82, 2.24) is 9.88 Å². The smallest absolute Gasteiger partial charge is 0.262 e. The molecule has 1 saturated carbocycles. The van der Waals surface area contributed by atoms with E-state index in [9.17, 15) is 9.18 Å². The molecule has 0 radical (unpaired) electrons. The number of benzene rings is 1. The molecule has 6 heteroatoms. The topological polar surface area (TPSA) is 46.4 Å². The Kier molecular flexibility index (Phi) is 4.80. The van der Waals surface area contributed by atoms with E-state index in [0.717, 1.165) is 12.5 Å². The average molecular weight is 319 g/mol. The lowest BCUT2D eigenvalue weighted by Crippen LogP contribution is -2.26. The summed E-state index contributed by atoms with van der Waals surface area (Å²) in [5.41, 5.74) is 0.585. The summed E-state index contributed by atoms with van der Waals surface area (Å²) in [6, 6.07) is 6.64. The van der Waals surface area contributed by atoms with Crippen LogP contribution in [0.4, 0.5) is 4.39 Å². The Morgan fingerprint density at radius 2 is 2.23 bits per heavy atom. The summed E-state index contributed by atoms with van der Waals surface area (Å²) in [5.74, 6) is 0.301. The molecule has 116 valence electrons. The fourth-order valence-corrected chi connectivity index (χ4v) is 2.91. The number of hydrogen-bond donors (Lipinski definition) is 1. The van der Waals surface area contributed by atoms with Crippen LogP contribution in [0.3, 0.4) is 0 Å². The molecule has 4 nitrogen and oxygen atoms in total. The summed E-state index contributed by atoms with van der Waals surface area (Å²) < 4.78 is 15.5. The molecule has 0 unspecified atom stereocenters. The monoisotopic (exact) mass is 319 g/mol. The zero-order valence-electron chi connectivity index (χ0n) is 12.2. The van der Waals surface area contributed by atoms with Gasteiger partial charge in [0.15, 0.2) is 4.80 Å². The van der Waals surface area contributed by atoms with Gasteiger partial charge in [0.25, 0.3) is 5.91 Å². The highest BCUT2D eigenvalue weighted by atomic mass is 32.1. The number of nitrogens with one attached hydrogen (secondary N) is 1. The fraction of sp³-hybridized carbons (Fsp3) is 0.375. The van der Waals surface area contributed by atoms with E-state index in [-0.39, 0.29) is 18.3 Å². The van der Waals surface area contributed by atoms with Gasteiger partial charge in [0.05, 0.1) is 13.1 Å². The summed E-state index contributed by atoms with van der Waals surface area (Å²) in [5, 5.41) is 4.98. The van der Waals surface area contributed by atoms with Crippen LogP contribution in [0.1, 0.15) is 18.4 Å². The van der Waals surface area contributed by atoms with Gasteiger partial charge in [0, 0.05) is 17.1 Å². The van der Waals surface area contributed by atoms with Gasteiger partial charge in [-0.25, -0.2) is 4.39 Å². The van der Waals surface area contributed by atoms with Crippen LogP contribution in [0.5, 0.6) is 0 Å². The number of carbonyl (C=O) groups is 1. The van der Waals surface area contributed by atoms with Crippen LogP contribution in [0, 0.1) is 11.7 Å². The third kappa shape index (κ3) is 4.11. The molecule has 1 aliphatic rings. The molecule has 1 fully saturated rings. The standard InChI is InChI=1S/C16H18FN3OS/c17-14-4-2-1-3-13(14)11-20-7-8-22-16(20)19-15(21)10-18-9-12-5-6-12/h1-4,7-8,12,18H,5-6,9-11H2. The van der Waals surface area contributed by atoms with Gasteiger partial charge in [-0.2, -0.15) is 4.99 Å². The van der Waals surface area contributed by atoms with Crippen molar-refractivity contribution in [3.05, 3.63) is 52.0 Å². The van der Waals surface area contributed by atoms with Crippen LogP contribution in [-0.2, 0) is 11.3 Å². The Bertz CT molecular complexity index is 718. The molecule has 0 saturated heterocycles. The molecule has 0 bridgehead atoms. The van der Waals surface area contributed by atoms with Crippen molar-refractivity contribution in [2.45, 2.75) is 19.4 Å². The average Bonchev–Trinajstić information content (AvgIpc) is 3.22. The van der Waals surface area contributed by atoms with Crippen LogP contribution >= 0.6 is 11.3 Å². The van der Waals surface area contributed by atoms with E-state index >= 15 is 0 Å². The predicted molar refractivity (Wildman–Crippen MR) is 84.0 cm³/mol. The highest BCUT2D eigenvalue weighted by Crippen LogP contribution is 2.27. The third-order valence-electron chi connectivity index (χ3n) is 3.58. The summed E-state index contributed by atoms with van der Waals surface area (Å²) in [4.78, 5) is 16.6. The van der Waals surface area contributed by atoms with Gasteiger partial charge in [-0.3, -0.25) is 4.79 Å². The third-order valence-corrected chi connectivity index (χ3v) is 4.38. The van der Waals surface area contributed by atoms with Gasteiger partial charge in [0.1, 0.15) is 5.82 Å². The van der Waals surface area contributed by atoms with Crippen molar-refractivity contribution >= 4 is 17.2 Å². The summed E-state index contributed by atoms with van der Waals surface area (Å²) in [7, 11) is 0. The number of rotatable bonds is 6. The lowest BCUT2D eigenvalue weighted by Gasteiger charge is -2.04. The second kappa shape index (κ2) is 6.98. The van der Waals surface area contributed by atoms with Crippen molar-refractivity contribution in [2.24, 2.45) is 10.9 Å². The van der Waals surface area contributed by atoms with E-state index in [1.807, 2.05) is 11.6 Å². The Hall–Kier alpha value is -1.79. The first-order chi connectivity index (χ1) is 10.7. The molecule has 1 aromatic heterocycles. The number of halogens is 1. The van der Waals surface area contributed by atoms with E-state index < -0.39 is 0 Å². The normalized spacial score (nSPS) is 15.2. The van der Waals surface area contributed by atoms with Crippen molar-refractivity contribution in [3.63, 3.8) is 0 Å². The minimum Gasteiger partial charge on any atom is -0.319 e. The second-order valence-corrected chi connectivity index (χ2v) is 6.36. The number of nitrogens with zero attached hydrogens (tertiary/aromatic N) is 2.